The lowest BCUT2D eigenvalue weighted by atomic mass is 10.1. The van der Waals surface area contributed by atoms with Gasteiger partial charge in [0.1, 0.15) is 5.75 Å². The third kappa shape index (κ3) is 4.53. The van der Waals surface area contributed by atoms with Crippen LogP contribution in [-0.4, -0.2) is 23.7 Å². The van der Waals surface area contributed by atoms with E-state index in [1.165, 1.54) is 9.88 Å². The molecule has 2 atom stereocenters. The Hall–Kier alpha value is -1.43. The van der Waals surface area contributed by atoms with Crippen LogP contribution in [0.5, 0.6) is 5.75 Å². The lowest BCUT2D eigenvalue weighted by Gasteiger charge is -2.17. The average molecular weight is 334 g/mol. The van der Waals surface area contributed by atoms with E-state index in [0.29, 0.717) is 12.5 Å². The van der Waals surface area contributed by atoms with Crippen molar-refractivity contribution < 1.29 is 9.84 Å². The second-order valence-electron chi connectivity index (χ2n) is 6.08. The van der Waals surface area contributed by atoms with Gasteiger partial charge in [0, 0.05) is 23.4 Å². The zero-order chi connectivity index (χ0) is 17.0. The first-order valence-electron chi connectivity index (χ1n) is 7.95. The van der Waals surface area contributed by atoms with Crippen molar-refractivity contribution in [2.75, 3.05) is 13.7 Å². The van der Waals surface area contributed by atoms with Crippen LogP contribution in [0.1, 0.15) is 60.0 Å². The summed E-state index contributed by atoms with van der Waals surface area (Å²) in [6, 6.07) is 7.71. The first-order chi connectivity index (χ1) is 10.9. The fourth-order valence-electron chi connectivity index (χ4n) is 2.43. The zero-order valence-electron chi connectivity index (χ0n) is 14.5. The number of nitrogens with one attached hydrogen (secondary N) is 1. The van der Waals surface area contributed by atoms with Crippen LogP contribution in [0.15, 0.2) is 24.3 Å². The summed E-state index contributed by atoms with van der Waals surface area (Å²) in [4.78, 5) is 5.88. The third-order valence-corrected chi connectivity index (χ3v) is 5.47. The van der Waals surface area contributed by atoms with Gasteiger partial charge in [0.2, 0.25) is 0 Å². The highest BCUT2D eigenvalue weighted by molar-refractivity contribution is 7.11. The molecule has 0 amide bonds. The van der Waals surface area contributed by atoms with E-state index in [1.54, 1.807) is 18.4 Å². The van der Waals surface area contributed by atoms with Gasteiger partial charge < -0.3 is 15.2 Å². The number of aliphatic hydroxyl groups is 1. The van der Waals surface area contributed by atoms with E-state index >= 15 is 0 Å². The highest BCUT2D eigenvalue weighted by Gasteiger charge is 2.17. The Bertz CT molecular complexity index is 640. The molecule has 126 valence electrons. The number of hydrogen-bond donors (Lipinski definition) is 2. The van der Waals surface area contributed by atoms with Crippen LogP contribution in [0, 0.1) is 6.92 Å². The highest BCUT2D eigenvalue weighted by atomic mass is 32.1. The van der Waals surface area contributed by atoms with E-state index in [1.807, 2.05) is 31.2 Å². The van der Waals surface area contributed by atoms with Crippen molar-refractivity contribution in [1.82, 2.24) is 10.3 Å². The van der Waals surface area contributed by atoms with Gasteiger partial charge in [-0.3, -0.25) is 0 Å². The first-order valence-corrected chi connectivity index (χ1v) is 8.76. The fraction of sp³-hybridized carbons (Fsp3) is 0.500. The molecule has 1 heterocycles. The minimum Gasteiger partial charge on any atom is -0.497 e. The van der Waals surface area contributed by atoms with Crippen LogP contribution in [0.4, 0.5) is 0 Å². The summed E-state index contributed by atoms with van der Waals surface area (Å²) in [6.45, 7) is 8.97. The lowest BCUT2D eigenvalue weighted by molar-refractivity contribution is 0.170. The molecule has 1 aromatic heterocycles. The molecule has 2 rings (SSSR count). The number of aromatic nitrogens is 1. The quantitative estimate of drug-likeness (QED) is 0.804. The number of thiazole rings is 1. The second-order valence-corrected chi connectivity index (χ2v) is 7.14. The van der Waals surface area contributed by atoms with Crippen LogP contribution >= 0.6 is 11.3 Å². The van der Waals surface area contributed by atoms with Crippen molar-refractivity contribution in [2.45, 2.75) is 45.8 Å². The SMILES string of the molecule is COc1cccc(C(O)CNC(C)c2sc(C(C)C)nc2C)c1. The van der Waals surface area contributed by atoms with Crippen LogP contribution in [0.3, 0.4) is 0 Å². The van der Waals surface area contributed by atoms with Crippen molar-refractivity contribution >= 4 is 11.3 Å². The number of aryl methyl sites for hydroxylation is 1. The monoisotopic (exact) mass is 334 g/mol. The fourth-order valence-corrected chi connectivity index (χ4v) is 3.52. The van der Waals surface area contributed by atoms with Gasteiger partial charge in [-0.2, -0.15) is 0 Å². The van der Waals surface area contributed by atoms with E-state index in [4.69, 9.17) is 4.74 Å². The summed E-state index contributed by atoms with van der Waals surface area (Å²) in [6.07, 6.45) is -0.564. The minimum atomic E-state index is -0.564. The molecule has 2 aromatic rings. The maximum Gasteiger partial charge on any atom is 0.119 e. The van der Waals surface area contributed by atoms with E-state index in [-0.39, 0.29) is 6.04 Å². The van der Waals surface area contributed by atoms with Crippen molar-refractivity contribution in [3.63, 3.8) is 0 Å². The summed E-state index contributed by atoms with van der Waals surface area (Å²) in [5, 5.41) is 14.9. The summed E-state index contributed by atoms with van der Waals surface area (Å²) in [7, 11) is 1.63. The molecular formula is C18H26N2O2S. The molecule has 4 nitrogen and oxygen atoms in total. The number of benzene rings is 1. The van der Waals surface area contributed by atoms with Gasteiger partial charge in [0.25, 0.3) is 0 Å². The van der Waals surface area contributed by atoms with E-state index in [9.17, 15) is 5.11 Å². The van der Waals surface area contributed by atoms with Crippen LogP contribution in [0.2, 0.25) is 0 Å². The van der Waals surface area contributed by atoms with Crippen molar-refractivity contribution in [3.05, 3.63) is 45.4 Å². The molecule has 0 bridgehead atoms. The van der Waals surface area contributed by atoms with E-state index < -0.39 is 6.10 Å². The van der Waals surface area contributed by atoms with E-state index in [2.05, 4.69) is 31.1 Å². The molecule has 0 aliphatic carbocycles. The first kappa shape index (κ1) is 17.9. The Morgan fingerprint density at radius 2 is 2.04 bits per heavy atom. The summed E-state index contributed by atoms with van der Waals surface area (Å²) in [5.41, 5.74) is 1.93. The van der Waals surface area contributed by atoms with Crippen LogP contribution < -0.4 is 10.1 Å². The Morgan fingerprint density at radius 1 is 1.30 bits per heavy atom. The molecule has 5 heteroatoms. The average Bonchev–Trinajstić information content (AvgIpc) is 2.94. The molecule has 0 saturated heterocycles. The molecule has 2 N–H and O–H groups in total. The zero-order valence-corrected chi connectivity index (χ0v) is 15.3. The second kappa shape index (κ2) is 7.90. The molecule has 0 aliphatic rings. The van der Waals surface area contributed by atoms with Crippen LogP contribution in [0.25, 0.3) is 0 Å². The largest absolute Gasteiger partial charge is 0.497 e. The molecule has 0 radical (unpaired) electrons. The Balaban J connectivity index is 1.99. The van der Waals surface area contributed by atoms with Gasteiger partial charge >= 0.3 is 0 Å². The van der Waals surface area contributed by atoms with Gasteiger partial charge in [-0.25, -0.2) is 4.98 Å². The molecule has 0 spiro atoms. The van der Waals surface area contributed by atoms with Gasteiger partial charge in [-0.05, 0) is 31.5 Å². The minimum absolute atomic E-state index is 0.167. The molecule has 1 aromatic carbocycles. The summed E-state index contributed by atoms with van der Waals surface area (Å²) < 4.78 is 5.20. The predicted octanol–water partition coefficient (Wildman–Crippen LogP) is 3.97. The number of methoxy groups -OCH3 is 1. The third-order valence-electron chi connectivity index (χ3n) is 3.83. The maximum absolute atomic E-state index is 10.4. The van der Waals surface area contributed by atoms with Crippen molar-refractivity contribution in [1.29, 1.82) is 0 Å². The number of hydrogen-bond acceptors (Lipinski definition) is 5. The predicted molar refractivity (Wildman–Crippen MR) is 95.3 cm³/mol. The maximum atomic E-state index is 10.4. The molecule has 23 heavy (non-hydrogen) atoms. The van der Waals surface area contributed by atoms with Gasteiger partial charge in [0.05, 0.1) is 23.9 Å². The summed E-state index contributed by atoms with van der Waals surface area (Å²) in [5.74, 6) is 1.21. The number of ether oxygens (including phenoxy) is 1. The summed E-state index contributed by atoms with van der Waals surface area (Å²) >= 11 is 1.75. The Labute approximate surface area is 142 Å². The topological polar surface area (TPSA) is 54.4 Å². The van der Waals surface area contributed by atoms with Crippen molar-refractivity contribution in [3.8, 4) is 5.75 Å². The van der Waals surface area contributed by atoms with Gasteiger partial charge in [-0.1, -0.05) is 26.0 Å². The Morgan fingerprint density at radius 3 is 2.65 bits per heavy atom. The molecule has 0 fully saturated rings. The number of nitrogens with zero attached hydrogens (tertiary/aromatic N) is 1. The highest BCUT2D eigenvalue weighted by Crippen LogP contribution is 2.29. The molecule has 0 aliphatic heterocycles. The van der Waals surface area contributed by atoms with E-state index in [0.717, 1.165) is 17.0 Å². The number of aliphatic hydroxyl groups excluding tert-OH is 1. The smallest absolute Gasteiger partial charge is 0.119 e. The van der Waals surface area contributed by atoms with Crippen molar-refractivity contribution in [2.24, 2.45) is 0 Å². The van der Waals surface area contributed by atoms with Gasteiger partial charge in [0.15, 0.2) is 0 Å². The normalized spacial score (nSPS) is 14.0. The molecular weight excluding hydrogens is 308 g/mol. The molecule has 0 saturated carbocycles. The Kier molecular flexibility index (Phi) is 6.16. The van der Waals surface area contributed by atoms with Crippen LogP contribution in [-0.2, 0) is 0 Å². The lowest BCUT2D eigenvalue weighted by Crippen LogP contribution is -2.24. The van der Waals surface area contributed by atoms with Gasteiger partial charge in [-0.15, -0.1) is 11.3 Å². The number of rotatable bonds is 7. The standard InChI is InChI=1S/C18H26N2O2S/c1-11(2)18-20-13(4)17(23-18)12(3)19-10-16(21)14-7-6-8-15(9-14)22-5/h6-9,11-12,16,19,21H,10H2,1-5H3. The molecule has 2 unspecified atom stereocenters.